The average Bonchev–Trinajstić information content (AvgIpc) is 3.29. The summed E-state index contributed by atoms with van der Waals surface area (Å²) < 4.78 is 0. The maximum atomic E-state index is 12.8. The van der Waals surface area contributed by atoms with E-state index in [-0.39, 0.29) is 5.92 Å². The lowest BCUT2D eigenvalue weighted by Crippen LogP contribution is -2.36. The predicted molar refractivity (Wildman–Crippen MR) is 86.7 cm³/mol. The van der Waals surface area contributed by atoms with E-state index in [1.54, 1.807) is 18.5 Å². The summed E-state index contributed by atoms with van der Waals surface area (Å²) in [5.41, 5.74) is 1.51. The molecule has 2 aliphatic heterocycles. The molecule has 5 nitrogen and oxygen atoms in total. The van der Waals surface area contributed by atoms with Crippen LogP contribution in [0.1, 0.15) is 31.2 Å². The van der Waals surface area contributed by atoms with Gasteiger partial charge in [0.05, 0.1) is 23.4 Å². The zero-order valence-electron chi connectivity index (χ0n) is 13.3. The van der Waals surface area contributed by atoms with Gasteiger partial charge in [0.2, 0.25) is 5.91 Å². The number of carbonyl (C=O) groups excluding carboxylic acids is 1. The number of likely N-dealkylation sites (tertiary alicyclic amines) is 1. The molecule has 3 aliphatic rings. The van der Waals surface area contributed by atoms with E-state index in [2.05, 4.69) is 20.9 Å². The van der Waals surface area contributed by atoms with Crippen LogP contribution in [0.15, 0.2) is 18.5 Å². The number of aromatic nitrogens is 1. The summed E-state index contributed by atoms with van der Waals surface area (Å²) in [7, 11) is 0. The van der Waals surface area contributed by atoms with Crippen LogP contribution in [-0.4, -0.2) is 42.0 Å². The highest BCUT2D eigenvalue weighted by molar-refractivity contribution is 5.81. The second kappa shape index (κ2) is 5.84. The fourth-order valence-corrected chi connectivity index (χ4v) is 4.59. The molecule has 1 aromatic rings. The average molecular weight is 310 g/mol. The fourth-order valence-electron chi connectivity index (χ4n) is 4.59. The summed E-state index contributed by atoms with van der Waals surface area (Å²) in [6.45, 7) is 3.48. The van der Waals surface area contributed by atoms with Crippen LogP contribution in [0.5, 0.6) is 0 Å². The van der Waals surface area contributed by atoms with Crippen molar-refractivity contribution in [3.05, 3.63) is 24.0 Å². The summed E-state index contributed by atoms with van der Waals surface area (Å²) in [5.74, 6) is 1.89. The molecule has 120 valence electrons. The molecule has 1 aliphatic carbocycles. The van der Waals surface area contributed by atoms with Crippen LogP contribution in [0.2, 0.25) is 0 Å². The van der Waals surface area contributed by atoms with Gasteiger partial charge in [0, 0.05) is 32.4 Å². The molecule has 1 saturated carbocycles. The molecule has 0 aromatic carbocycles. The molecule has 3 unspecified atom stereocenters. The molecule has 0 bridgehead atoms. The summed E-state index contributed by atoms with van der Waals surface area (Å²) in [6, 6.07) is 3.96. The zero-order valence-corrected chi connectivity index (χ0v) is 13.3. The SMILES string of the molecule is N#Cc1ccncc1N1CCC(C(=O)N2CC3CCCC3C2)C1. The van der Waals surface area contributed by atoms with E-state index in [0.717, 1.165) is 43.6 Å². The van der Waals surface area contributed by atoms with E-state index in [4.69, 9.17) is 0 Å². The Hall–Kier alpha value is -2.09. The Morgan fingerprint density at radius 3 is 2.74 bits per heavy atom. The maximum Gasteiger partial charge on any atom is 0.227 e. The molecule has 0 N–H and O–H groups in total. The van der Waals surface area contributed by atoms with Crippen molar-refractivity contribution in [3.63, 3.8) is 0 Å². The normalized spacial score (nSPS) is 29.6. The van der Waals surface area contributed by atoms with Crippen molar-refractivity contribution >= 4 is 11.6 Å². The number of carbonyl (C=O) groups is 1. The topological polar surface area (TPSA) is 60.2 Å². The molecule has 5 heteroatoms. The number of fused-ring (bicyclic) bond motifs is 1. The quantitative estimate of drug-likeness (QED) is 0.838. The van der Waals surface area contributed by atoms with E-state index in [9.17, 15) is 10.1 Å². The van der Waals surface area contributed by atoms with Gasteiger partial charge in [-0.2, -0.15) is 5.26 Å². The van der Waals surface area contributed by atoms with Crippen molar-refractivity contribution in [2.24, 2.45) is 17.8 Å². The molecule has 4 rings (SSSR count). The number of hydrogen-bond acceptors (Lipinski definition) is 4. The van der Waals surface area contributed by atoms with Crippen molar-refractivity contribution in [2.75, 3.05) is 31.1 Å². The largest absolute Gasteiger partial charge is 0.368 e. The summed E-state index contributed by atoms with van der Waals surface area (Å²) in [5, 5.41) is 9.24. The lowest BCUT2D eigenvalue weighted by Gasteiger charge is -2.23. The molecule has 3 atom stereocenters. The molecule has 1 aromatic heterocycles. The number of nitrogens with zero attached hydrogens (tertiary/aromatic N) is 4. The second-order valence-corrected chi connectivity index (χ2v) is 7.13. The van der Waals surface area contributed by atoms with Gasteiger partial charge in [-0.1, -0.05) is 6.42 Å². The van der Waals surface area contributed by atoms with Gasteiger partial charge >= 0.3 is 0 Å². The number of pyridine rings is 1. The number of amides is 1. The third-order valence-corrected chi connectivity index (χ3v) is 5.84. The van der Waals surface area contributed by atoms with Gasteiger partial charge in [-0.3, -0.25) is 9.78 Å². The molecule has 2 saturated heterocycles. The number of nitriles is 1. The van der Waals surface area contributed by atoms with Crippen LogP contribution < -0.4 is 4.90 Å². The van der Waals surface area contributed by atoms with Crippen molar-refractivity contribution in [1.29, 1.82) is 5.26 Å². The van der Waals surface area contributed by atoms with Crippen molar-refractivity contribution in [3.8, 4) is 6.07 Å². The van der Waals surface area contributed by atoms with E-state index in [1.165, 1.54) is 19.3 Å². The Kier molecular flexibility index (Phi) is 3.68. The molecule has 0 radical (unpaired) electrons. The van der Waals surface area contributed by atoms with Gasteiger partial charge in [-0.15, -0.1) is 0 Å². The van der Waals surface area contributed by atoms with E-state index < -0.39 is 0 Å². The summed E-state index contributed by atoms with van der Waals surface area (Å²) in [4.78, 5) is 21.2. The molecular weight excluding hydrogens is 288 g/mol. The van der Waals surface area contributed by atoms with Gasteiger partial charge in [0.25, 0.3) is 0 Å². The molecule has 0 spiro atoms. The van der Waals surface area contributed by atoms with Gasteiger partial charge in [0.15, 0.2) is 0 Å². The Morgan fingerprint density at radius 2 is 2.00 bits per heavy atom. The van der Waals surface area contributed by atoms with E-state index in [0.29, 0.717) is 18.0 Å². The smallest absolute Gasteiger partial charge is 0.227 e. The third kappa shape index (κ3) is 2.56. The van der Waals surface area contributed by atoms with Crippen LogP contribution >= 0.6 is 0 Å². The fraction of sp³-hybridized carbons (Fsp3) is 0.611. The van der Waals surface area contributed by atoms with Crippen LogP contribution in [0.25, 0.3) is 0 Å². The number of rotatable bonds is 2. The summed E-state index contributed by atoms with van der Waals surface area (Å²) >= 11 is 0. The first-order chi connectivity index (χ1) is 11.3. The molecular formula is C18H22N4O. The van der Waals surface area contributed by atoms with Gasteiger partial charge in [-0.25, -0.2) is 0 Å². The Morgan fingerprint density at radius 1 is 1.22 bits per heavy atom. The van der Waals surface area contributed by atoms with E-state index in [1.807, 2.05) is 0 Å². The molecule has 1 amide bonds. The van der Waals surface area contributed by atoms with Crippen molar-refractivity contribution in [2.45, 2.75) is 25.7 Å². The van der Waals surface area contributed by atoms with Gasteiger partial charge in [-0.05, 0) is 37.2 Å². The monoisotopic (exact) mass is 310 g/mol. The molecule has 23 heavy (non-hydrogen) atoms. The zero-order chi connectivity index (χ0) is 15.8. The maximum absolute atomic E-state index is 12.8. The Labute approximate surface area is 136 Å². The minimum atomic E-state index is 0.0700. The first-order valence-corrected chi connectivity index (χ1v) is 8.64. The van der Waals surface area contributed by atoms with Gasteiger partial charge in [0.1, 0.15) is 6.07 Å². The number of hydrogen-bond donors (Lipinski definition) is 0. The lowest BCUT2D eigenvalue weighted by atomic mass is 10.0. The van der Waals surface area contributed by atoms with Crippen LogP contribution in [0, 0.1) is 29.1 Å². The highest BCUT2D eigenvalue weighted by atomic mass is 16.2. The first-order valence-electron chi connectivity index (χ1n) is 8.64. The highest BCUT2D eigenvalue weighted by Crippen LogP contribution is 2.38. The van der Waals surface area contributed by atoms with E-state index >= 15 is 0 Å². The second-order valence-electron chi connectivity index (χ2n) is 7.13. The lowest BCUT2D eigenvalue weighted by molar-refractivity contribution is -0.134. The Balaban J connectivity index is 1.42. The minimum Gasteiger partial charge on any atom is -0.368 e. The molecule has 3 fully saturated rings. The van der Waals surface area contributed by atoms with Crippen molar-refractivity contribution < 1.29 is 4.79 Å². The van der Waals surface area contributed by atoms with Crippen LogP contribution in [0.4, 0.5) is 5.69 Å². The van der Waals surface area contributed by atoms with Crippen molar-refractivity contribution in [1.82, 2.24) is 9.88 Å². The predicted octanol–water partition coefficient (Wildman–Crippen LogP) is 2.04. The third-order valence-electron chi connectivity index (χ3n) is 5.84. The standard InChI is InChI=1S/C18H22N4O/c19-8-13-4-6-20-9-17(13)21-7-5-16(12-21)18(23)22-10-14-2-1-3-15(14)11-22/h4,6,9,14-16H,1-3,5,7,10-12H2. The summed E-state index contributed by atoms with van der Waals surface area (Å²) in [6.07, 6.45) is 8.20. The molecule has 3 heterocycles. The van der Waals surface area contributed by atoms with Crippen LogP contribution in [-0.2, 0) is 4.79 Å². The minimum absolute atomic E-state index is 0.0700. The first kappa shape index (κ1) is 14.5. The highest BCUT2D eigenvalue weighted by Gasteiger charge is 2.41. The van der Waals surface area contributed by atoms with Crippen LogP contribution in [0.3, 0.4) is 0 Å². The number of anilines is 1. The Bertz CT molecular complexity index is 641. The van der Waals surface area contributed by atoms with Gasteiger partial charge < -0.3 is 9.80 Å².